The fraction of sp³-hybridized carbons (Fsp3) is 0.263. The number of nitrogens with zero attached hydrogens (tertiary/aromatic N) is 2. The van der Waals surface area contributed by atoms with Gasteiger partial charge in [-0.3, -0.25) is 10.1 Å². The van der Waals surface area contributed by atoms with Crippen molar-refractivity contribution in [1.82, 2.24) is 10.2 Å². The van der Waals surface area contributed by atoms with Crippen molar-refractivity contribution in [1.29, 1.82) is 0 Å². The van der Waals surface area contributed by atoms with E-state index in [0.717, 1.165) is 35.4 Å². The fourth-order valence-electron chi connectivity index (χ4n) is 2.89. The Labute approximate surface area is 193 Å². The number of hydrogen-bond donors (Lipinski definition) is 2. The van der Waals surface area contributed by atoms with Crippen LogP contribution in [-0.4, -0.2) is 49.1 Å². The largest absolute Gasteiger partial charge is 0.368 e. The van der Waals surface area contributed by atoms with Gasteiger partial charge in [-0.15, -0.1) is 0 Å². The number of anilines is 2. The molecule has 1 amide bonds. The van der Waals surface area contributed by atoms with E-state index in [-0.39, 0.29) is 11.0 Å². The first-order chi connectivity index (χ1) is 13.3. The molecular formula is C19H19Cl2IN4OS. The number of halogens is 3. The van der Waals surface area contributed by atoms with Crippen LogP contribution in [0.5, 0.6) is 0 Å². The van der Waals surface area contributed by atoms with Crippen LogP contribution >= 0.6 is 58.0 Å². The molecule has 3 rings (SSSR count). The molecule has 0 aliphatic carbocycles. The van der Waals surface area contributed by atoms with Gasteiger partial charge in [-0.2, -0.15) is 0 Å². The highest BCUT2D eigenvalue weighted by molar-refractivity contribution is 14.1. The van der Waals surface area contributed by atoms with Crippen molar-refractivity contribution in [3.63, 3.8) is 0 Å². The summed E-state index contributed by atoms with van der Waals surface area (Å²) in [5.41, 5.74) is 2.09. The van der Waals surface area contributed by atoms with Gasteiger partial charge in [0, 0.05) is 35.4 Å². The van der Waals surface area contributed by atoms with Crippen LogP contribution in [0.25, 0.3) is 0 Å². The molecule has 0 saturated carbocycles. The summed E-state index contributed by atoms with van der Waals surface area (Å²) in [4.78, 5) is 17.0. The summed E-state index contributed by atoms with van der Waals surface area (Å²) in [6.45, 7) is 3.89. The molecule has 0 spiro atoms. The lowest BCUT2D eigenvalue weighted by Crippen LogP contribution is -2.44. The maximum atomic E-state index is 12.4. The third kappa shape index (κ3) is 5.48. The van der Waals surface area contributed by atoms with Crippen molar-refractivity contribution >= 4 is 80.4 Å². The van der Waals surface area contributed by atoms with Crippen LogP contribution < -0.4 is 15.5 Å². The van der Waals surface area contributed by atoms with Gasteiger partial charge < -0.3 is 15.1 Å². The summed E-state index contributed by atoms with van der Waals surface area (Å²) in [6.07, 6.45) is 0. The summed E-state index contributed by atoms with van der Waals surface area (Å²) in [5.74, 6) is -0.360. The van der Waals surface area contributed by atoms with Crippen LogP contribution in [0.4, 0.5) is 11.4 Å². The number of amides is 1. The van der Waals surface area contributed by atoms with Crippen molar-refractivity contribution in [2.75, 3.05) is 43.4 Å². The molecule has 9 heteroatoms. The van der Waals surface area contributed by atoms with Gasteiger partial charge in [-0.05, 0) is 78.3 Å². The van der Waals surface area contributed by atoms with Gasteiger partial charge in [0.15, 0.2) is 5.11 Å². The van der Waals surface area contributed by atoms with Crippen molar-refractivity contribution in [3.05, 3.63) is 55.6 Å². The Morgan fingerprint density at radius 1 is 1.07 bits per heavy atom. The van der Waals surface area contributed by atoms with Crippen LogP contribution in [0.1, 0.15) is 10.4 Å². The molecule has 28 heavy (non-hydrogen) atoms. The molecular weight excluding hydrogens is 530 g/mol. The molecule has 1 aliphatic heterocycles. The van der Waals surface area contributed by atoms with Gasteiger partial charge >= 0.3 is 0 Å². The topological polar surface area (TPSA) is 47.6 Å². The van der Waals surface area contributed by atoms with Gasteiger partial charge in [-0.1, -0.05) is 23.2 Å². The number of carbonyl (C=O) groups is 1. The normalized spacial score (nSPS) is 14.6. The first-order valence-corrected chi connectivity index (χ1v) is 10.9. The molecule has 1 saturated heterocycles. The molecule has 1 aliphatic rings. The highest BCUT2D eigenvalue weighted by atomic mass is 127. The van der Waals surface area contributed by atoms with Crippen LogP contribution in [-0.2, 0) is 0 Å². The van der Waals surface area contributed by atoms with E-state index in [4.69, 9.17) is 35.4 Å². The molecule has 5 nitrogen and oxygen atoms in total. The minimum absolute atomic E-state index is 0.184. The molecule has 0 radical (unpaired) electrons. The first-order valence-electron chi connectivity index (χ1n) is 8.64. The van der Waals surface area contributed by atoms with Crippen molar-refractivity contribution in [2.24, 2.45) is 0 Å². The first kappa shape index (κ1) is 21.6. The Kier molecular flexibility index (Phi) is 7.38. The quantitative estimate of drug-likeness (QED) is 0.437. The van der Waals surface area contributed by atoms with Crippen molar-refractivity contribution in [2.45, 2.75) is 0 Å². The highest BCUT2D eigenvalue weighted by Crippen LogP contribution is 2.29. The lowest BCUT2D eigenvalue weighted by Gasteiger charge is -2.34. The Morgan fingerprint density at radius 3 is 2.46 bits per heavy atom. The molecule has 2 aromatic rings. The van der Waals surface area contributed by atoms with E-state index in [1.807, 2.05) is 24.3 Å². The van der Waals surface area contributed by atoms with Crippen LogP contribution in [0.2, 0.25) is 10.0 Å². The average Bonchev–Trinajstić information content (AvgIpc) is 2.64. The number of likely N-dealkylation sites (N-methyl/N-ethyl adjacent to an activating group) is 1. The zero-order valence-electron chi connectivity index (χ0n) is 15.1. The number of rotatable bonds is 3. The minimum atomic E-state index is -0.360. The summed E-state index contributed by atoms with van der Waals surface area (Å²) in [6, 6.07) is 10.9. The number of piperazine rings is 1. The van der Waals surface area contributed by atoms with Gasteiger partial charge in [-0.25, -0.2) is 0 Å². The van der Waals surface area contributed by atoms with E-state index in [1.165, 1.54) is 0 Å². The monoisotopic (exact) mass is 548 g/mol. The number of hydrogen-bond acceptors (Lipinski definition) is 4. The number of thiocarbonyl (C=S) groups is 1. The second-order valence-corrected chi connectivity index (χ2v) is 8.96. The Morgan fingerprint density at radius 2 is 1.79 bits per heavy atom. The second-order valence-electron chi connectivity index (χ2n) is 6.49. The minimum Gasteiger partial charge on any atom is -0.368 e. The van der Waals surface area contributed by atoms with Gasteiger partial charge in [0.05, 0.1) is 21.3 Å². The summed E-state index contributed by atoms with van der Waals surface area (Å²) in [5, 5.41) is 6.85. The molecule has 0 aromatic heterocycles. The standard InChI is InChI=1S/C19H19Cl2IN4OS/c1-25-6-8-26(9-7-25)17-5-3-13(11-16(17)21)23-19(28)24-18(27)14-10-12(22)2-4-15(14)20/h2-5,10-11H,6-9H2,1H3,(H2,23,24,27,28). The molecule has 0 bridgehead atoms. The Balaban J connectivity index is 1.63. The molecule has 2 N–H and O–H groups in total. The summed E-state index contributed by atoms with van der Waals surface area (Å²) >= 11 is 20.0. The maximum Gasteiger partial charge on any atom is 0.258 e. The zero-order chi connectivity index (χ0) is 20.3. The molecule has 148 valence electrons. The SMILES string of the molecule is CN1CCN(c2ccc(NC(=S)NC(=O)c3cc(I)ccc3Cl)cc2Cl)CC1. The molecule has 1 heterocycles. The van der Waals surface area contributed by atoms with Crippen molar-refractivity contribution in [3.8, 4) is 0 Å². The van der Waals surface area contributed by atoms with Crippen LogP contribution in [0, 0.1) is 3.57 Å². The van der Waals surface area contributed by atoms with Gasteiger partial charge in [0.2, 0.25) is 0 Å². The predicted octanol–water partition coefficient (Wildman–Crippen LogP) is 4.48. The third-order valence-electron chi connectivity index (χ3n) is 4.45. The second kappa shape index (κ2) is 9.58. The predicted molar refractivity (Wildman–Crippen MR) is 129 cm³/mol. The third-order valence-corrected chi connectivity index (χ3v) is 5.96. The van der Waals surface area contributed by atoms with Crippen LogP contribution in [0.15, 0.2) is 36.4 Å². The highest BCUT2D eigenvalue weighted by Gasteiger charge is 2.17. The van der Waals surface area contributed by atoms with E-state index < -0.39 is 0 Å². The number of nitrogens with one attached hydrogen (secondary N) is 2. The van der Waals surface area contributed by atoms with E-state index in [0.29, 0.717) is 21.3 Å². The van der Waals surface area contributed by atoms with Crippen molar-refractivity contribution < 1.29 is 4.79 Å². The maximum absolute atomic E-state index is 12.4. The molecule has 0 unspecified atom stereocenters. The summed E-state index contributed by atoms with van der Waals surface area (Å²) < 4.78 is 0.914. The molecule has 2 aromatic carbocycles. The lowest BCUT2D eigenvalue weighted by atomic mass is 10.2. The zero-order valence-corrected chi connectivity index (χ0v) is 19.6. The fourth-order valence-corrected chi connectivity index (χ4v) is 4.10. The van der Waals surface area contributed by atoms with Gasteiger partial charge in [0.1, 0.15) is 0 Å². The lowest BCUT2D eigenvalue weighted by molar-refractivity contribution is 0.0978. The van der Waals surface area contributed by atoms with E-state index in [9.17, 15) is 4.79 Å². The summed E-state index contributed by atoms with van der Waals surface area (Å²) in [7, 11) is 2.12. The Bertz CT molecular complexity index is 903. The van der Waals surface area contributed by atoms with Crippen LogP contribution in [0.3, 0.4) is 0 Å². The number of benzene rings is 2. The van der Waals surface area contributed by atoms with E-state index in [1.54, 1.807) is 12.1 Å². The Hall–Kier alpha value is -1.13. The van der Waals surface area contributed by atoms with E-state index in [2.05, 4.69) is 50.1 Å². The molecule has 1 fully saturated rings. The number of carbonyl (C=O) groups excluding carboxylic acids is 1. The van der Waals surface area contributed by atoms with E-state index >= 15 is 0 Å². The molecule has 0 atom stereocenters. The van der Waals surface area contributed by atoms with Gasteiger partial charge in [0.25, 0.3) is 5.91 Å². The smallest absolute Gasteiger partial charge is 0.258 e. The average molecular weight is 549 g/mol.